The summed E-state index contributed by atoms with van der Waals surface area (Å²) in [4.78, 5) is 11.6. The Kier molecular flexibility index (Phi) is 3.79. The van der Waals surface area contributed by atoms with E-state index in [0.29, 0.717) is 11.6 Å². The molecular formula is C14H19NO2. The van der Waals surface area contributed by atoms with Crippen molar-refractivity contribution in [1.82, 2.24) is 5.32 Å². The fourth-order valence-corrected chi connectivity index (χ4v) is 2.02. The molecule has 0 radical (unpaired) electrons. The van der Waals surface area contributed by atoms with Gasteiger partial charge in [-0.05, 0) is 37.3 Å². The van der Waals surface area contributed by atoms with Crippen LogP contribution in [0, 0.1) is 5.92 Å². The quantitative estimate of drug-likeness (QED) is 0.793. The Morgan fingerprint density at radius 1 is 1.47 bits per heavy atom. The van der Waals surface area contributed by atoms with E-state index in [-0.39, 0.29) is 5.97 Å². The van der Waals surface area contributed by atoms with Crippen molar-refractivity contribution in [3.63, 3.8) is 0 Å². The van der Waals surface area contributed by atoms with E-state index in [0.717, 1.165) is 18.0 Å². The first-order valence-electron chi connectivity index (χ1n) is 6.12. The second kappa shape index (κ2) is 5.32. The molecule has 0 amide bonds. The van der Waals surface area contributed by atoms with E-state index in [4.69, 9.17) is 4.74 Å². The van der Waals surface area contributed by atoms with Gasteiger partial charge in [-0.2, -0.15) is 0 Å². The first kappa shape index (κ1) is 12.1. The molecule has 0 aliphatic heterocycles. The second-order valence-electron chi connectivity index (χ2n) is 4.66. The van der Waals surface area contributed by atoms with Crippen LogP contribution in [0.4, 0.5) is 0 Å². The van der Waals surface area contributed by atoms with E-state index in [1.807, 2.05) is 24.3 Å². The van der Waals surface area contributed by atoms with Crippen LogP contribution in [-0.2, 0) is 11.3 Å². The third kappa shape index (κ3) is 3.07. The van der Waals surface area contributed by atoms with Crippen molar-refractivity contribution in [3.05, 3.63) is 35.4 Å². The average Bonchev–Trinajstić information content (AvgIpc) is 3.19. The summed E-state index contributed by atoms with van der Waals surface area (Å²) in [7, 11) is 1.42. The van der Waals surface area contributed by atoms with Crippen molar-refractivity contribution < 1.29 is 9.53 Å². The fraction of sp³-hybridized carbons (Fsp3) is 0.500. The van der Waals surface area contributed by atoms with Crippen LogP contribution >= 0.6 is 0 Å². The third-order valence-electron chi connectivity index (χ3n) is 3.37. The minimum absolute atomic E-state index is 0.263. The Labute approximate surface area is 102 Å². The molecule has 3 nitrogen and oxygen atoms in total. The summed E-state index contributed by atoms with van der Waals surface area (Å²) in [6, 6.07) is 8.12. The first-order valence-corrected chi connectivity index (χ1v) is 6.12. The maximum Gasteiger partial charge on any atom is 0.338 e. The normalized spacial score (nSPS) is 16.6. The van der Waals surface area contributed by atoms with E-state index in [1.54, 1.807) is 0 Å². The summed E-state index contributed by atoms with van der Waals surface area (Å²) in [5.74, 6) is 0.557. The lowest BCUT2D eigenvalue weighted by molar-refractivity contribution is 0.0599. The van der Waals surface area contributed by atoms with Crippen molar-refractivity contribution in [2.45, 2.75) is 32.4 Å². The van der Waals surface area contributed by atoms with Crippen LogP contribution in [0.2, 0.25) is 0 Å². The molecule has 1 saturated carbocycles. The molecule has 1 aliphatic rings. The number of rotatable bonds is 5. The van der Waals surface area contributed by atoms with Crippen LogP contribution in [0.15, 0.2) is 24.3 Å². The predicted octanol–water partition coefficient (Wildman–Crippen LogP) is 2.36. The van der Waals surface area contributed by atoms with Gasteiger partial charge >= 0.3 is 5.97 Å². The molecule has 1 fully saturated rings. The van der Waals surface area contributed by atoms with E-state index in [2.05, 4.69) is 12.2 Å². The van der Waals surface area contributed by atoms with Crippen molar-refractivity contribution >= 4 is 5.97 Å². The first-order chi connectivity index (χ1) is 8.22. The minimum Gasteiger partial charge on any atom is -0.465 e. The molecule has 1 aliphatic carbocycles. The number of methoxy groups -OCH3 is 1. The zero-order valence-corrected chi connectivity index (χ0v) is 10.4. The molecule has 0 heterocycles. The standard InChI is InChI=1S/C14H19NO2/c1-10(11-7-8-11)15-9-12-5-3-4-6-13(12)14(16)17-2/h3-6,10-11,15H,7-9H2,1-2H3. The van der Waals surface area contributed by atoms with Gasteiger partial charge in [-0.15, -0.1) is 0 Å². The molecule has 17 heavy (non-hydrogen) atoms. The zero-order chi connectivity index (χ0) is 12.3. The summed E-state index contributed by atoms with van der Waals surface area (Å²) in [6.07, 6.45) is 2.65. The average molecular weight is 233 g/mol. The highest BCUT2D eigenvalue weighted by atomic mass is 16.5. The summed E-state index contributed by atoms with van der Waals surface area (Å²) in [6.45, 7) is 2.93. The van der Waals surface area contributed by atoms with E-state index < -0.39 is 0 Å². The number of nitrogens with one attached hydrogen (secondary N) is 1. The summed E-state index contributed by atoms with van der Waals surface area (Å²) < 4.78 is 4.78. The number of esters is 1. The number of hydrogen-bond donors (Lipinski definition) is 1. The van der Waals surface area contributed by atoms with Crippen molar-refractivity contribution in [1.29, 1.82) is 0 Å². The molecule has 2 rings (SSSR count). The highest BCUT2D eigenvalue weighted by Gasteiger charge is 2.27. The Bertz CT molecular complexity index is 399. The Balaban J connectivity index is 2.01. The lowest BCUT2D eigenvalue weighted by atomic mass is 10.1. The molecule has 0 bridgehead atoms. The van der Waals surface area contributed by atoms with Gasteiger partial charge in [-0.25, -0.2) is 4.79 Å². The van der Waals surface area contributed by atoms with Crippen molar-refractivity contribution in [3.8, 4) is 0 Å². The number of carbonyl (C=O) groups excluding carboxylic acids is 1. The van der Waals surface area contributed by atoms with Crippen LogP contribution in [0.5, 0.6) is 0 Å². The molecule has 1 aromatic rings. The number of hydrogen-bond acceptors (Lipinski definition) is 3. The van der Waals surface area contributed by atoms with E-state index in [9.17, 15) is 4.79 Å². The molecule has 0 aromatic heterocycles. The van der Waals surface area contributed by atoms with Gasteiger partial charge in [0.15, 0.2) is 0 Å². The Morgan fingerprint density at radius 3 is 2.82 bits per heavy atom. The lowest BCUT2D eigenvalue weighted by Crippen LogP contribution is -2.28. The Hall–Kier alpha value is -1.35. The summed E-state index contributed by atoms with van der Waals surface area (Å²) in [5, 5.41) is 3.47. The molecule has 1 unspecified atom stereocenters. The second-order valence-corrected chi connectivity index (χ2v) is 4.66. The zero-order valence-electron chi connectivity index (χ0n) is 10.4. The summed E-state index contributed by atoms with van der Waals surface area (Å²) >= 11 is 0. The van der Waals surface area contributed by atoms with Gasteiger partial charge < -0.3 is 10.1 Å². The molecule has 3 heteroatoms. The molecule has 1 atom stereocenters. The lowest BCUT2D eigenvalue weighted by Gasteiger charge is -2.14. The number of ether oxygens (including phenoxy) is 1. The maximum atomic E-state index is 11.6. The van der Waals surface area contributed by atoms with Gasteiger partial charge in [0.05, 0.1) is 12.7 Å². The third-order valence-corrected chi connectivity index (χ3v) is 3.37. The SMILES string of the molecule is COC(=O)c1ccccc1CNC(C)C1CC1. The maximum absolute atomic E-state index is 11.6. The van der Waals surface area contributed by atoms with Crippen LogP contribution in [0.25, 0.3) is 0 Å². The van der Waals surface area contributed by atoms with Gasteiger partial charge in [-0.3, -0.25) is 0 Å². The van der Waals surface area contributed by atoms with Gasteiger partial charge in [0.1, 0.15) is 0 Å². The number of benzene rings is 1. The molecule has 0 saturated heterocycles. The fourth-order valence-electron chi connectivity index (χ4n) is 2.02. The van der Waals surface area contributed by atoms with Crippen LogP contribution in [-0.4, -0.2) is 19.1 Å². The van der Waals surface area contributed by atoms with Crippen LogP contribution in [0.3, 0.4) is 0 Å². The monoisotopic (exact) mass is 233 g/mol. The Morgan fingerprint density at radius 2 is 2.18 bits per heavy atom. The van der Waals surface area contributed by atoms with E-state index in [1.165, 1.54) is 20.0 Å². The largest absolute Gasteiger partial charge is 0.465 e. The van der Waals surface area contributed by atoms with Gasteiger partial charge in [0.25, 0.3) is 0 Å². The van der Waals surface area contributed by atoms with Gasteiger partial charge in [-0.1, -0.05) is 18.2 Å². The molecular weight excluding hydrogens is 214 g/mol. The molecule has 1 aromatic carbocycles. The molecule has 1 N–H and O–H groups in total. The highest BCUT2D eigenvalue weighted by Crippen LogP contribution is 2.32. The predicted molar refractivity (Wildman–Crippen MR) is 66.8 cm³/mol. The van der Waals surface area contributed by atoms with Crippen molar-refractivity contribution in [2.24, 2.45) is 5.92 Å². The summed E-state index contributed by atoms with van der Waals surface area (Å²) in [5.41, 5.74) is 1.66. The smallest absolute Gasteiger partial charge is 0.338 e. The minimum atomic E-state index is -0.263. The van der Waals surface area contributed by atoms with Gasteiger partial charge in [0.2, 0.25) is 0 Å². The number of carbonyl (C=O) groups is 1. The van der Waals surface area contributed by atoms with Crippen LogP contribution in [0.1, 0.15) is 35.7 Å². The van der Waals surface area contributed by atoms with E-state index >= 15 is 0 Å². The van der Waals surface area contributed by atoms with Crippen LogP contribution < -0.4 is 5.32 Å². The molecule has 0 spiro atoms. The highest BCUT2D eigenvalue weighted by molar-refractivity contribution is 5.90. The molecule has 92 valence electrons. The van der Waals surface area contributed by atoms with Crippen molar-refractivity contribution in [2.75, 3.05) is 7.11 Å². The topological polar surface area (TPSA) is 38.3 Å². The van der Waals surface area contributed by atoms with Gasteiger partial charge in [0, 0.05) is 12.6 Å².